The van der Waals surface area contributed by atoms with Gasteiger partial charge < -0.3 is 10.1 Å². The quantitative estimate of drug-likeness (QED) is 0.646. The van der Waals surface area contributed by atoms with E-state index in [-0.39, 0.29) is 0 Å². The SMILES string of the molecule is O=c1[nH]ccc(C(F)F)c1O. The van der Waals surface area contributed by atoms with Gasteiger partial charge in [0.2, 0.25) is 0 Å². The Morgan fingerprint density at radius 1 is 1.55 bits per heavy atom. The van der Waals surface area contributed by atoms with Gasteiger partial charge in [-0.2, -0.15) is 0 Å². The summed E-state index contributed by atoms with van der Waals surface area (Å²) in [5.74, 6) is -0.914. The number of hydrogen-bond acceptors (Lipinski definition) is 2. The summed E-state index contributed by atoms with van der Waals surface area (Å²) in [7, 11) is 0. The zero-order valence-corrected chi connectivity index (χ0v) is 5.34. The molecule has 0 spiro atoms. The monoisotopic (exact) mass is 161 g/mol. The number of nitrogens with one attached hydrogen (secondary N) is 1. The number of aromatic nitrogens is 1. The lowest BCUT2D eigenvalue weighted by atomic mass is 10.2. The van der Waals surface area contributed by atoms with Crippen LogP contribution in [0.1, 0.15) is 12.0 Å². The van der Waals surface area contributed by atoms with Crippen molar-refractivity contribution >= 4 is 0 Å². The second-order valence-electron chi connectivity index (χ2n) is 1.91. The first-order valence-corrected chi connectivity index (χ1v) is 2.81. The van der Waals surface area contributed by atoms with E-state index in [1.807, 2.05) is 0 Å². The number of hydrogen-bond donors (Lipinski definition) is 2. The van der Waals surface area contributed by atoms with E-state index in [0.29, 0.717) is 0 Å². The molecule has 1 heterocycles. The van der Waals surface area contributed by atoms with Crippen LogP contribution in [-0.2, 0) is 0 Å². The minimum absolute atomic E-state index is 0.645. The maximum Gasteiger partial charge on any atom is 0.290 e. The van der Waals surface area contributed by atoms with Crippen LogP contribution in [-0.4, -0.2) is 10.1 Å². The van der Waals surface area contributed by atoms with Crippen molar-refractivity contribution in [2.45, 2.75) is 6.43 Å². The van der Waals surface area contributed by atoms with Crippen LogP contribution < -0.4 is 5.56 Å². The summed E-state index contributed by atoms with van der Waals surface area (Å²) in [6, 6.07) is 0.960. The number of alkyl halides is 2. The molecule has 3 nitrogen and oxygen atoms in total. The van der Waals surface area contributed by atoms with Crippen molar-refractivity contribution < 1.29 is 13.9 Å². The van der Waals surface area contributed by atoms with E-state index in [0.717, 1.165) is 12.3 Å². The van der Waals surface area contributed by atoms with Crippen molar-refractivity contribution in [2.24, 2.45) is 0 Å². The van der Waals surface area contributed by atoms with Crippen molar-refractivity contribution in [3.8, 4) is 5.75 Å². The molecule has 2 N–H and O–H groups in total. The Labute approximate surface area is 60.3 Å². The molecule has 0 aromatic carbocycles. The highest BCUT2D eigenvalue weighted by Gasteiger charge is 2.13. The molecule has 0 aliphatic heterocycles. The highest BCUT2D eigenvalue weighted by molar-refractivity contribution is 5.28. The van der Waals surface area contributed by atoms with Gasteiger partial charge in [0.1, 0.15) is 0 Å². The molecule has 0 saturated carbocycles. The first-order chi connectivity index (χ1) is 5.13. The second-order valence-corrected chi connectivity index (χ2v) is 1.91. The number of pyridine rings is 1. The van der Waals surface area contributed by atoms with Crippen molar-refractivity contribution in [1.29, 1.82) is 0 Å². The van der Waals surface area contributed by atoms with Gasteiger partial charge >= 0.3 is 0 Å². The van der Waals surface area contributed by atoms with Crippen molar-refractivity contribution in [3.05, 3.63) is 28.2 Å². The van der Waals surface area contributed by atoms with Gasteiger partial charge in [-0.25, -0.2) is 8.78 Å². The zero-order chi connectivity index (χ0) is 8.43. The van der Waals surface area contributed by atoms with E-state index in [1.165, 1.54) is 0 Å². The summed E-state index contributed by atoms with van der Waals surface area (Å²) >= 11 is 0. The fourth-order valence-electron chi connectivity index (χ4n) is 0.662. The van der Waals surface area contributed by atoms with E-state index >= 15 is 0 Å². The average Bonchev–Trinajstić information content (AvgIpc) is 1.94. The Kier molecular flexibility index (Phi) is 1.89. The maximum atomic E-state index is 11.9. The van der Waals surface area contributed by atoms with Gasteiger partial charge in [-0.1, -0.05) is 0 Å². The molecule has 1 aromatic rings. The predicted molar refractivity (Wildman–Crippen MR) is 33.7 cm³/mol. The fourth-order valence-corrected chi connectivity index (χ4v) is 0.662. The molecule has 1 aromatic heterocycles. The van der Waals surface area contributed by atoms with Gasteiger partial charge in [-0.05, 0) is 6.07 Å². The summed E-state index contributed by atoms with van der Waals surface area (Å²) in [5, 5.41) is 8.74. The van der Waals surface area contributed by atoms with E-state index in [4.69, 9.17) is 5.11 Å². The lowest BCUT2D eigenvalue weighted by Gasteiger charge is -1.99. The Morgan fingerprint density at radius 2 is 2.18 bits per heavy atom. The molecule has 0 aliphatic carbocycles. The molecule has 0 aliphatic rings. The van der Waals surface area contributed by atoms with E-state index in [1.54, 1.807) is 0 Å². The van der Waals surface area contributed by atoms with Crippen LogP contribution in [0.3, 0.4) is 0 Å². The van der Waals surface area contributed by atoms with Crippen LogP contribution in [0.25, 0.3) is 0 Å². The first-order valence-electron chi connectivity index (χ1n) is 2.81. The van der Waals surface area contributed by atoms with Crippen LogP contribution >= 0.6 is 0 Å². The third kappa shape index (κ3) is 1.36. The Hall–Kier alpha value is -1.39. The van der Waals surface area contributed by atoms with Crippen LogP contribution in [0.4, 0.5) is 8.78 Å². The van der Waals surface area contributed by atoms with Crippen molar-refractivity contribution in [3.63, 3.8) is 0 Å². The summed E-state index contributed by atoms with van der Waals surface area (Å²) in [5.41, 5.74) is -1.54. The highest BCUT2D eigenvalue weighted by Crippen LogP contribution is 2.23. The van der Waals surface area contributed by atoms with Gasteiger partial charge in [0.25, 0.3) is 12.0 Å². The molecule has 0 fully saturated rings. The Morgan fingerprint density at radius 3 is 2.64 bits per heavy atom. The Bertz CT molecular complexity index is 308. The molecular formula is C6H5F2NO2. The molecular weight excluding hydrogens is 156 g/mol. The topological polar surface area (TPSA) is 53.1 Å². The van der Waals surface area contributed by atoms with Crippen LogP contribution in [0.15, 0.2) is 17.1 Å². The Balaban J connectivity index is 3.28. The highest BCUT2D eigenvalue weighted by atomic mass is 19.3. The van der Waals surface area contributed by atoms with Gasteiger partial charge in [0, 0.05) is 6.20 Å². The normalized spacial score (nSPS) is 10.5. The predicted octanol–water partition coefficient (Wildman–Crippen LogP) is 1.02. The van der Waals surface area contributed by atoms with Gasteiger partial charge in [-0.15, -0.1) is 0 Å². The lowest BCUT2D eigenvalue weighted by molar-refractivity contribution is 0.147. The molecule has 0 radical (unpaired) electrons. The summed E-state index contributed by atoms with van der Waals surface area (Å²) in [4.78, 5) is 12.6. The number of H-pyrrole nitrogens is 1. The number of aromatic amines is 1. The standard InChI is InChI=1S/C6H5F2NO2/c7-5(8)3-1-2-9-6(11)4(3)10/h1-2,5,10H,(H,9,11). The van der Waals surface area contributed by atoms with E-state index < -0.39 is 23.3 Å². The third-order valence-electron chi connectivity index (χ3n) is 1.20. The molecule has 0 saturated heterocycles. The van der Waals surface area contributed by atoms with E-state index in [9.17, 15) is 13.6 Å². The van der Waals surface area contributed by atoms with E-state index in [2.05, 4.69) is 4.98 Å². The molecule has 5 heteroatoms. The van der Waals surface area contributed by atoms with Crippen LogP contribution in [0.5, 0.6) is 5.75 Å². The largest absolute Gasteiger partial charge is 0.503 e. The summed E-state index contributed by atoms with van der Waals surface area (Å²) in [6.07, 6.45) is -1.76. The lowest BCUT2D eigenvalue weighted by Crippen LogP contribution is -2.06. The first kappa shape index (κ1) is 7.71. The van der Waals surface area contributed by atoms with Gasteiger partial charge in [0.05, 0.1) is 5.56 Å². The molecule has 0 unspecified atom stereocenters. The molecule has 0 atom stereocenters. The van der Waals surface area contributed by atoms with Crippen molar-refractivity contribution in [2.75, 3.05) is 0 Å². The minimum Gasteiger partial charge on any atom is -0.503 e. The number of halogens is 2. The van der Waals surface area contributed by atoms with Gasteiger partial charge in [0.15, 0.2) is 5.75 Å². The smallest absolute Gasteiger partial charge is 0.290 e. The van der Waals surface area contributed by atoms with Crippen molar-refractivity contribution in [1.82, 2.24) is 4.98 Å². The average molecular weight is 161 g/mol. The number of aromatic hydroxyl groups is 1. The van der Waals surface area contributed by atoms with Gasteiger partial charge in [-0.3, -0.25) is 4.79 Å². The maximum absolute atomic E-state index is 11.9. The summed E-state index contributed by atoms with van der Waals surface area (Å²) < 4.78 is 23.8. The second kappa shape index (κ2) is 2.69. The summed E-state index contributed by atoms with van der Waals surface area (Å²) in [6.45, 7) is 0. The molecule has 0 bridgehead atoms. The molecule has 1 rings (SSSR count). The molecule has 11 heavy (non-hydrogen) atoms. The number of rotatable bonds is 1. The zero-order valence-electron chi connectivity index (χ0n) is 5.34. The minimum atomic E-state index is -2.82. The molecule has 60 valence electrons. The third-order valence-corrected chi connectivity index (χ3v) is 1.20. The van der Waals surface area contributed by atoms with Crippen LogP contribution in [0, 0.1) is 0 Å². The van der Waals surface area contributed by atoms with Crippen LogP contribution in [0.2, 0.25) is 0 Å². The molecule has 0 amide bonds. The fraction of sp³-hybridized carbons (Fsp3) is 0.167.